The van der Waals surface area contributed by atoms with Crippen molar-refractivity contribution in [3.8, 4) is 11.5 Å². The third kappa shape index (κ3) is 2.09. The lowest BCUT2D eigenvalue weighted by Gasteiger charge is -2.00. The SMILES string of the molecule is CCC(N)c1nnc(-c2ccc(F)cc2)o1. The van der Waals surface area contributed by atoms with E-state index in [1.54, 1.807) is 12.1 Å². The standard InChI is InChI=1S/C11H12FN3O/c1-2-9(13)11-15-14-10(16-11)7-3-5-8(12)6-4-7/h3-6,9H,2,13H2,1H3. The van der Waals surface area contributed by atoms with E-state index < -0.39 is 0 Å². The van der Waals surface area contributed by atoms with Crippen LogP contribution >= 0.6 is 0 Å². The molecule has 4 nitrogen and oxygen atoms in total. The van der Waals surface area contributed by atoms with E-state index in [-0.39, 0.29) is 11.9 Å². The van der Waals surface area contributed by atoms with E-state index in [0.717, 1.165) is 6.42 Å². The zero-order valence-electron chi connectivity index (χ0n) is 8.85. The van der Waals surface area contributed by atoms with Crippen LogP contribution in [0.25, 0.3) is 11.5 Å². The quantitative estimate of drug-likeness (QED) is 0.863. The van der Waals surface area contributed by atoms with E-state index in [0.29, 0.717) is 17.3 Å². The maximum absolute atomic E-state index is 12.7. The first-order chi connectivity index (χ1) is 7.70. The molecule has 0 amide bonds. The largest absolute Gasteiger partial charge is 0.419 e. The molecule has 0 aliphatic rings. The Bertz CT molecular complexity index is 466. The van der Waals surface area contributed by atoms with Crippen LogP contribution in [0.15, 0.2) is 28.7 Å². The summed E-state index contributed by atoms with van der Waals surface area (Å²) in [4.78, 5) is 0. The number of halogens is 1. The van der Waals surface area contributed by atoms with E-state index in [2.05, 4.69) is 10.2 Å². The van der Waals surface area contributed by atoms with Crippen molar-refractivity contribution >= 4 is 0 Å². The van der Waals surface area contributed by atoms with E-state index in [1.807, 2.05) is 6.92 Å². The molecule has 0 aliphatic carbocycles. The molecular weight excluding hydrogens is 209 g/mol. The van der Waals surface area contributed by atoms with Gasteiger partial charge in [-0.2, -0.15) is 0 Å². The molecule has 0 saturated heterocycles. The molecule has 0 aliphatic heterocycles. The molecule has 2 N–H and O–H groups in total. The Hall–Kier alpha value is -1.75. The summed E-state index contributed by atoms with van der Waals surface area (Å²) in [7, 11) is 0. The van der Waals surface area contributed by atoms with Gasteiger partial charge in [0.15, 0.2) is 0 Å². The van der Waals surface area contributed by atoms with Crippen molar-refractivity contribution in [3.63, 3.8) is 0 Å². The molecule has 2 rings (SSSR count). The lowest BCUT2D eigenvalue weighted by atomic mass is 10.2. The Morgan fingerprint density at radius 1 is 1.31 bits per heavy atom. The van der Waals surface area contributed by atoms with Crippen molar-refractivity contribution in [2.75, 3.05) is 0 Å². The first-order valence-corrected chi connectivity index (χ1v) is 5.05. The van der Waals surface area contributed by atoms with Gasteiger partial charge in [-0.1, -0.05) is 6.92 Å². The molecule has 5 heteroatoms. The molecule has 1 atom stereocenters. The fourth-order valence-electron chi connectivity index (χ4n) is 1.27. The molecule has 0 fully saturated rings. The first-order valence-electron chi connectivity index (χ1n) is 5.05. The van der Waals surface area contributed by atoms with Crippen molar-refractivity contribution in [1.29, 1.82) is 0 Å². The van der Waals surface area contributed by atoms with Gasteiger partial charge in [-0.3, -0.25) is 0 Å². The molecule has 1 aromatic heterocycles. The van der Waals surface area contributed by atoms with Crippen LogP contribution in [0.1, 0.15) is 25.3 Å². The summed E-state index contributed by atoms with van der Waals surface area (Å²) >= 11 is 0. The summed E-state index contributed by atoms with van der Waals surface area (Å²) in [6.45, 7) is 1.94. The molecule has 1 heterocycles. The van der Waals surface area contributed by atoms with Gasteiger partial charge in [0, 0.05) is 5.56 Å². The minimum absolute atomic E-state index is 0.248. The Labute approximate surface area is 92.3 Å². The fourth-order valence-corrected chi connectivity index (χ4v) is 1.27. The fraction of sp³-hybridized carbons (Fsp3) is 0.273. The third-order valence-electron chi connectivity index (χ3n) is 2.29. The highest BCUT2D eigenvalue weighted by Gasteiger charge is 2.13. The van der Waals surface area contributed by atoms with Crippen LogP contribution in [0.3, 0.4) is 0 Å². The molecule has 16 heavy (non-hydrogen) atoms. The van der Waals surface area contributed by atoms with E-state index in [9.17, 15) is 4.39 Å². The minimum Gasteiger partial charge on any atom is -0.419 e. The number of hydrogen-bond donors (Lipinski definition) is 1. The number of aromatic nitrogens is 2. The van der Waals surface area contributed by atoms with Crippen molar-refractivity contribution in [3.05, 3.63) is 36.0 Å². The monoisotopic (exact) mass is 221 g/mol. The Kier molecular flexibility index (Phi) is 2.96. The van der Waals surface area contributed by atoms with Gasteiger partial charge in [-0.25, -0.2) is 4.39 Å². The van der Waals surface area contributed by atoms with Crippen LogP contribution < -0.4 is 5.73 Å². The second-order valence-electron chi connectivity index (χ2n) is 3.47. The van der Waals surface area contributed by atoms with Crippen molar-refractivity contribution in [2.45, 2.75) is 19.4 Å². The summed E-state index contributed by atoms with van der Waals surface area (Å²) < 4.78 is 18.1. The summed E-state index contributed by atoms with van der Waals surface area (Å²) in [5.74, 6) is 0.467. The lowest BCUT2D eigenvalue weighted by Crippen LogP contribution is -2.08. The van der Waals surface area contributed by atoms with Gasteiger partial charge in [0.1, 0.15) is 5.82 Å². The third-order valence-corrected chi connectivity index (χ3v) is 2.29. The van der Waals surface area contributed by atoms with Gasteiger partial charge >= 0.3 is 0 Å². The topological polar surface area (TPSA) is 64.9 Å². The number of nitrogens with two attached hydrogens (primary N) is 1. The summed E-state index contributed by atoms with van der Waals surface area (Å²) in [5, 5.41) is 7.72. The van der Waals surface area contributed by atoms with E-state index in [1.165, 1.54) is 12.1 Å². The van der Waals surface area contributed by atoms with Gasteiger partial charge in [0.2, 0.25) is 11.8 Å². The molecule has 0 saturated carbocycles. The molecule has 0 spiro atoms. The Morgan fingerprint density at radius 3 is 2.62 bits per heavy atom. The summed E-state index contributed by atoms with van der Waals surface area (Å²) in [6, 6.07) is 5.62. The second-order valence-corrected chi connectivity index (χ2v) is 3.47. The van der Waals surface area contributed by atoms with Crippen molar-refractivity contribution in [1.82, 2.24) is 10.2 Å². The van der Waals surface area contributed by atoms with Crippen LogP contribution in [-0.2, 0) is 0 Å². The first kappa shape index (κ1) is 10.8. The number of nitrogens with zero attached hydrogens (tertiary/aromatic N) is 2. The van der Waals surface area contributed by atoms with Gasteiger partial charge in [0.25, 0.3) is 0 Å². The van der Waals surface area contributed by atoms with Crippen LogP contribution in [-0.4, -0.2) is 10.2 Å². The van der Waals surface area contributed by atoms with Crippen LogP contribution in [0.2, 0.25) is 0 Å². The normalized spacial score (nSPS) is 12.7. The predicted octanol–water partition coefficient (Wildman–Crippen LogP) is 2.29. The second kappa shape index (κ2) is 4.40. The van der Waals surface area contributed by atoms with Crippen LogP contribution in [0, 0.1) is 5.82 Å². The lowest BCUT2D eigenvalue weighted by molar-refractivity contribution is 0.452. The maximum atomic E-state index is 12.7. The summed E-state index contributed by atoms with van der Waals surface area (Å²) in [6.07, 6.45) is 0.727. The van der Waals surface area contributed by atoms with Crippen LogP contribution in [0.4, 0.5) is 4.39 Å². The molecule has 1 aromatic carbocycles. The summed E-state index contributed by atoms with van der Waals surface area (Å²) in [5.41, 5.74) is 6.44. The molecule has 0 bridgehead atoms. The molecule has 2 aromatic rings. The zero-order valence-corrected chi connectivity index (χ0v) is 8.85. The van der Waals surface area contributed by atoms with E-state index >= 15 is 0 Å². The maximum Gasteiger partial charge on any atom is 0.247 e. The van der Waals surface area contributed by atoms with Gasteiger partial charge in [0.05, 0.1) is 6.04 Å². The highest BCUT2D eigenvalue weighted by molar-refractivity contribution is 5.51. The van der Waals surface area contributed by atoms with Gasteiger partial charge < -0.3 is 10.2 Å². The van der Waals surface area contributed by atoms with Gasteiger partial charge in [-0.05, 0) is 30.7 Å². The average Bonchev–Trinajstić information content (AvgIpc) is 2.78. The number of benzene rings is 1. The average molecular weight is 221 g/mol. The van der Waals surface area contributed by atoms with Crippen LogP contribution in [0.5, 0.6) is 0 Å². The highest BCUT2D eigenvalue weighted by Crippen LogP contribution is 2.20. The molecule has 84 valence electrons. The smallest absolute Gasteiger partial charge is 0.247 e. The Balaban J connectivity index is 2.28. The molecular formula is C11H12FN3O. The number of rotatable bonds is 3. The highest BCUT2D eigenvalue weighted by atomic mass is 19.1. The zero-order chi connectivity index (χ0) is 11.5. The number of hydrogen-bond acceptors (Lipinski definition) is 4. The van der Waals surface area contributed by atoms with Crippen molar-refractivity contribution < 1.29 is 8.81 Å². The van der Waals surface area contributed by atoms with Crippen molar-refractivity contribution in [2.24, 2.45) is 5.73 Å². The molecule has 1 unspecified atom stereocenters. The van der Waals surface area contributed by atoms with E-state index in [4.69, 9.17) is 10.2 Å². The predicted molar refractivity (Wildman–Crippen MR) is 56.9 cm³/mol. The van der Waals surface area contributed by atoms with Gasteiger partial charge in [-0.15, -0.1) is 10.2 Å². The molecule has 0 radical (unpaired) electrons. The Morgan fingerprint density at radius 2 is 2.00 bits per heavy atom. The minimum atomic E-state index is -0.297.